The van der Waals surface area contributed by atoms with E-state index in [2.05, 4.69) is 61.5 Å². The summed E-state index contributed by atoms with van der Waals surface area (Å²) in [6, 6.07) is 17.4. The smallest absolute Gasteiger partial charge is 1.00 e. The minimum absolute atomic E-state index is 0. The van der Waals surface area contributed by atoms with Crippen LogP contribution in [-0.2, 0) is 24.7 Å². The molecule has 1 aliphatic carbocycles. The van der Waals surface area contributed by atoms with Crippen LogP contribution in [0.25, 0.3) is 17.2 Å². The van der Waals surface area contributed by atoms with E-state index in [1.807, 2.05) is 0 Å². The van der Waals surface area contributed by atoms with Gasteiger partial charge < -0.3 is 24.8 Å². The summed E-state index contributed by atoms with van der Waals surface area (Å²) >= 11 is 1.59. The molecule has 3 heteroatoms. The number of rotatable bonds is 1. The van der Waals surface area contributed by atoms with E-state index in [0.717, 1.165) is 0 Å². The van der Waals surface area contributed by atoms with Crippen molar-refractivity contribution >= 4 is 6.08 Å². The Kier molecular flexibility index (Phi) is 6.05. The maximum Gasteiger partial charge on any atom is -1.00 e. The molecule has 3 rings (SSSR count). The van der Waals surface area contributed by atoms with E-state index >= 15 is 0 Å². The Morgan fingerprint density at radius 3 is 2.26 bits per heavy atom. The molecule has 0 aliphatic heterocycles. The number of hydrogen-bond donors (Lipinski definition) is 0. The topological polar surface area (TPSA) is 0 Å². The van der Waals surface area contributed by atoms with Gasteiger partial charge >= 0.3 is 118 Å². The van der Waals surface area contributed by atoms with E-state index in [9.17, 15) is 0 Å². The molecular formula is C16H13Cl2Zr. The quantitative estimate of drug-likeness (QED) is 0.568. The molecule has 0 aromatic heterocycles. The first-order valence-corrected chi connectivity index (χ1v) is 7.26. The third-order valence-electron chi connectivity index (χ3n) is 3.34. The first-order valence-electron chi connectivity index (χ1n) is 5.84. The molecule has 19 heavy (non-hydrogen) atoms. The molecule has 0 saturated heterocycles. The summed E-state index contributed by atoms with van der Waals surface area (Å²) in [5, 5.41) is 0. The Hall–Kier alpha value is -0.357. The van der Waals surface area contributed by atoms with Crippen LogP contribution in [0.3, 0.4) is 0 Å². The zero-order valence-corrected chi connectivity index (χ0v) is 14.5. The van der Waals surface area contributed by atoms with E-state index < -0.39 is 0 Å². The summed E-state index contributed by atoms with van der Waals surface area (Å²) in [4.78, 5) is 0. The van der Waals surface area contributed by atoms with Crippen LogP contribution < -0.4 is 24.8 Å². The second-order valence-corrected chi connectivity index (χ2v) is 5.95. The van der Waals surface area contributed by atoms with Gasteiger partial charge in [0.05, 0.1) is 0 Å². The second-order valence-electron chi connectivity index (χ2n) is 4.53. The molecule has 0 radical (unpaired) electrons. The molecule has 0 bridgehead atoms. The summed E-state index contributed by atoms with van der Waals surface area (Å²) in [7, 11) is 0. The monoisotopic (exact) mass is 365 g/mol. The third kappa shape index (κ3) is 3.22. The fraction of sp³-hybridized carbons (Fsp3) is 0.125. The normalized spacial score (nSPS) is 15.9. The minimum Gasteiger partial charge on any atom is -1.00 e. The predicted octanol–water partition coefficient (Wildman–Crippen LogP) is -1.63. The van der Waals surface area contributed by atoms with Gasteiger partial charge in [0.2, 0.25) is 0 Å². The van der Waals surface area contributed by atoms with Crippen molar-refractivity contribution in [1.82, 2.24) is 0 Å². The Morgan fingerprint density at radius 1 is 0.895 bits per heavy atom. The van der Waals surface area contributed by atoms with Gasteiger partial charge in [-0.1, -0.05) is 0 Å². The molecule has 0 spiro atoms. The van der Waals surface area contributed by atoms with Gasteiger partial charge in [-0.15, -0.1) is 0 Å². The Bertz CT molecular complexity index is 591. The Morgan fingerprint density at radius 2 is 1.58 bits per heavy atom. The van der Waals surface area contributed by atoms with Gasteiger partial charge in [-0.05, 0) is 0 Å². The van der Waals surface area contributed by atoms with Crippen molar-refractivity contribution in [2.75, 3.05) is 0 Å². The second kappa shape index (κ2) is 6.88. The molecule has 1 atom stereocenters. The van der Waals surface area contributed by atoms with Gasteiger partial charge in [0, 0.05) is 0 Å². The van der Waals surface area contributed by atoms with Crippen molar-refractivity contribution in [2.24, 2.45) is 0 Å². The zero-order valence-electron chi connectivity index (χ0n) is 10.5. The maximum absolute atomic E-state index is 2.33. The van der Waals surface area contributed by atoms with Gasteiger partial charge in [-0.3, -0.25) is 0 Å². The van der Waals surface area contributed by atoms with Gasteiger partial charge in [0.15, 0.2) is 0 Å². The number of hydrogen-bond acceptors (Lipinski definition) is 0. The molecule has 95 valence electrons. The van der Waals surface area contributed by atoms with Gasteiger partial charge in [-0.25, -0.2) is 0 Å². The van der Waals surface area contributed by atoms with Crippen molar-refractivity contribution in [1.29, 1.82) is 0 Å². The van der Waals surface area contributed by atoms with Crippen molar-refractivity contribution in [2.45, 2.75) is 10.5 Å². The molecule has 0 nitrogen and oxygen atoms in total. The first-order chi connectivity index (χ1) is 8.25. The van der Waals surface area contributed by atoms with E-state index in [4.69, 9.17) is 0 Å². The molecular weight excluding hydrogens is 354 g/mol. The van der Waals surface area contributed by atoms with Crippen LogP contribution in [-0.4, -0.2) is 0 Å². The summed E-state index contributed by atoms with van der Waals surface area (Å²) in [5.74, 6) is 0. The zero-order chi connectivity index (χ0) is 11.8. The average molecular weight is 367 g/mol. The molecule has 1 aliphatic rings. The largest absolute Gasteiger partial charge is 1.00 e. The van der Waals surface area contributed by atoms with Crippen LogP contribution in [0, 0.1) is 0 Å². The van der Waals surface area contributed by atoms with E-state index in [1.54, 1.807) is 24.7 Å². The summed E-state index contributed by atoms with van der Waals surface area (Å²) in [5.41, 5.74) is 7.03. The van der Waals surface area contributed by atoms with Crippen molar-refractivity contribution < 1.29 is 49.5 Å². The van der Waals surface area contributed by atoms with Crippen LogP contribution in [0.5, 0.6) is 0 Å². The fourth-order valence-corrected chi connectivity index (χ4v) is 3.20. The Balaban J connectivity index is 0.000000902. The molecule has 0 saturated carbocycles. The third-order valence-corrected chi connectivity index (χ3v) is 5.23. The number of allylic oxidation sites excluding steroid dienone is 1. The van der Waals surface area contributed by atoms with Crippen molar-refractivity contribution in [3.63, 3.8) is 0 Å². The SMILES string of the molecule is CC1=Cc2cc(-c3ccccc3)ccc2[CH]1[Zr+2].[Cl-].[Cl-]. The standard InChI is InChI=1S/C16H13.2ClH.Zr/c1-12-9-14-7-8-15(11-16(14)10-12)13-5-3-2-4-6-13;;;/h2-11H,1H3;2*1H;/q;;;+2/p-2. The summed E-state index contributed by atoms with van der Waals surface area (Å²) in [6.45, 7) is 2.24. The van der Waals surface area contributed by atoms with Gasteiger partial charge in [-0.2, -0.15) is 0 Å². The predicted molar refractivity (Wildman–Crippen MR) is 68.3 cm³/mol. The van der Waals surface area contributed by atoms with E-state index in [1.165, 1.54) is 27.8 Å². The van der Waals surface area contributed by atoms with Crippen LogP contribution in [0.4, 0.5) is 0 Å². The number of fused-ring (bicyclic) bond motifs is 1. The first kappa shape index (κ1) is 16.7. The minimum atomic E-state index is 0. The van der Waals surface area contributed by atoms with Crippen LogP contribution in [0.2, 0.25) is 0 Å². The van der Waals surface area contributed by atoms with Crippen LogP contribution >= 0.6 is 0 Å². The molecule has 0 fully saturated rings. The maximum atomic E-state index is 2.33. The van der Waals surface area contributed by atoms with Gasteiger partial charge in [0.1, 0.15) is 0 Å². The van der Waals surface area contributed by atoms with Crippen LogP contribution in [0.15, 0.2) is 54.1 Å². The van der Waals surface area contributed by atoms with E-state index in [-0.39, 0.29) is 24.8 Å². The fourth-order valence-electron chi connectivity index (χ4n) is 2.35. The average Bonchev–Trinajstić information content (AvgIpc) is 2.66. The Labute approximate surface area is 142 Å². The number of halogens is 2. The molecule has 1 unspecified atom stereocenters. The molecule has 0 N–H and O–H groups in total. The summed E-state index contributed by atoms with van der Waals surface area (Å²) in [6.07, 6.45) is 2.33. The van der Waals surface area contributed by atoms with Crippen molar-refractivity contribution in [3.8, 4) is 11.1 Å². The number of benzene rings is 2. The summed E-state index contributed by atoms with van der Waals surface area (Å²) < 4.78 is 0.669. The van der Waals surface area contributed by atoms with Crippen LogP contribution in [0.1, 0.15) is 21.7 Å². The van der Waals surface area contributed by atoms with Crippen molar-refractivity contribution in [3.05, 3.63) is 65.2 Å². The molecule has 0 heterocycles. The molecule has 2 aromatic rings. The molecule has 0 amide bonds. The van der Waals surface area contributed by atoms with Gasteiger partial charge in [0.25, 0.3) is 0 Å². The molecule has 2 aromatic carbocycles. The van der Waals surface area contributed by atoms with E-state index in [0.29, 0.717) is 3.63 Å².